The Morgan fingerprint density at radius 1 is 1.16 bits per heavy atom. The molecule has 0 bridgehead atoms. The molecule has 0 fully saturated rings. The lowest BCUT2D eigenvalue weighted by Gasteiger charge is -2.24. The first kappa shape index (κ1) is 15.2. The van der Waals surface area contributed by atoms with Crippen LogP contribution in [0.3, 0.4) is 0 Å². The third kappa shape index (κ3) is 5.12. The molecule has 0 atom stereocenters. The molecular formula is C15H21NO3. The van der Waals surface area contributed by atoms with Crippen molar-refractivity contribution in [3.05, 3.63) is 35.4 Å². The van der Waals surface area contributed by atoms with Gasteiger partial charge in [0.1, 0.15) is 5.60 Å². The van der Waals surface area contributed by atoms with Crippen LogP contribution in [0.15, 0.2) is 24.3 Å². The van der Waals surface area contributed by atoms with Crippen LogP contribution in [0.4, 0.5) is 4.79 Å². The lowest BCUT2D eigenvalue weighted by atomic mass is 10.1. The number of carbonyl (C=O) groups excluding carboxylic acids is 2. The van der Waals surface area contributed by atoms with E-state index in [2.05, 4.69) is 0 Å². The molecule has 0 heterocycles. The van der Waals surface area contributed by atoms with Crippen molar-refractivity contribution in [3.63, 3.8) is 0 Å². The van der Waals surface area contributed by atoms with Crippen LogP contribution >= 0.6 is 0 Å². The lowest BCUT2D eigenvalue weighted by Crippen LogP contribution is -2.37. The van der Waals surface area contributed by atoms with Gasteiger partial charge in [-0.2, -0.15) is 0 Å². The van der Waals surface area contributed by atoms with Gasteiger partial charge in [-0.3, -0.25) is 4.79 Å². The highest BCUT2D eigenvalue weighted by Crippen LogP contribution is 2.10. The quantitative estimate of drug-likeness (QED) is 0.787. The van der Waals surface area contributed by atoms with Crippen LogP contribution in [0.1, 0.15) is 36.7 Å². The topological polar surface area (TPSA) is 46.6 Å². The maximum absolute atomic E-state index is 12.0. The van der Waals surface area contributed by atoms with Crippen LogP contribution in [-0.2, 0) is 4.74 Å². The average molecular weight is 263 g/mol. The largest absolute Gasteiger partial charge is 0.444 e. The second-order valence-corrected chi connectivity index (χ2v) is 5.63. The van der Waals surface area contributed by atoms with Gasteiger partial charge in [-0.25, -0.2) is 4.79 Å². The summed E-state index contributed by atoms with van der Waals surface area (Å²) in [6.07, 6.45) is -0.493. The Balaban J connectivity index is 2.61. The Labute approximate surface area is 114 Å². The summed E-state index contributed by atoms with van der Waals surface area (Å²) in [4.78, 5) is 25.0. The molecule has 1 rings (SSSR count). The summed E-state index contributed by atoms with van der Waals surface area (Å²) in [7, 11) is 1.56. The van der Waals surface area contributed by atoms with Crippen molar-refractivity contribution in [2.75, 3.05) is 13.6 Å². The summed E-state index contributed by atoms with van der Waals surface area (Å²) in [6.45, 7) is 7.35. The Bertz CT molecular complexity index is 457. The summed E-state index contributed by atoms with van der Waals surface area (Å²) < 4.78 is 5.19. The number of benzene rings is 1. The number of ether oxygens (including phenoxy) is 1. The predicted octanol–water partition coefficient (Wildman–Crippen LogP) is 3.04. The van der Waals surface area contributed by atoms with Crippen molar-refractivity contribution in [1.29, 1.82) is 0 Å². The molecule has 4 heteroatoms. The van der Waals surface area contributed by atoms with E-state index in [-0.39, 0.29) is 12.3 Å². The van der Waals surface area contributed by atoms with E-state index in [1.807, 2.05) is 19.1 Å². The van der Waals surface area contributed by atoms with Gasteiger partial charge in [0.05, 0.1) is 6.54 Å². The number of aryl methyl sites for hydroxylation is 1. The van der Waals surface area contributed by atoms with E-state index < -0.39 is 11.7 Å². The molecular weight excluding hydrogens is 242 g/mol. The van der Waals surface area contributed by atoms with Crippen molar-refractivity contribution < 1.29 is 14.3 Å². The van der Waals surface area contributed by atoms with E-state index in [0.717, 1.165) is 5.56 Å². The van der Waals surface area contributed by atoms with Gasteiger partial charge in [-0.15, -0.1) is 0 Å². The first-order valence-corrected chi connectivity index (χ1v) is 6.23. The number of likely N-dealkylation sites (N-methyl/N-ethyl adjacent to an activating group) is 1. The number of amides is 1. The molecule has 0 N–H and O–H groups in total. The summed E-state index contributed by atoms with van der Waals surface area (Å²) in [5.41, 5.74) is 1.14. The zero-order valence-corrected chi connectivity index (χ0v) is 12.2. The minimum Gasteiger partial charge on any atom is -0.444 e. The Morgan fingerprint density at radius 3 is 2.16 bits per heavy atom. The van der Waals surface area contributed by atoms with E-state index in [1.54, 1.807) is 40.0 Å². The molecule has 0 radical (unpaired) electrons. The highest BCUT2D eigenvalue weighted by atomic mass is 16.6. The summed E-state index contributed by atoms with van der Waals surface area (Å²) in [6, 6.07) is 7.28. The van der Waals surface area contributed by atoms with Gasteiger partial charge in [-0.05, 0) is 27.7 Å². The number of Topliss-reactive ketones (excluding diaryl/α,β-unsaturated/α-hetero) is 1. The second kappa shape index (κ2) is 5.87. The van der Waals surface area contributed by atoms with E-state index in [0.29, 0.717) is 5.56 Å². The van der Waals surface area contributed by atoms with Gasteiger partial charge in [0.2, 0.25) is 0 Å². The molecule has 0 unspecified atom stereocenters. The Morgan fingerprint density at radius 2 is 1.68 bits per heavy atom. The SMILES string of the molecule is Cc1ccc(C(=O)CN(C)C(=O)OC(C)(C)C)cc1. The van der Waals surface area contributed by atoms with Crippen molar-refractivity contribution in [3.8, 4) is 0 Å². The second-order valence-electron chi connectivity index (χ2n) is 5.63. The van der Waals surface area contributed by atoms with Crippen LogP contribution in [0, 0.1) is 6.92 Å². The molecule has 1 aromatic rings. The number of hydrogen-bond donors (Lipinski definition) is 0. The van der Waals surface area contributed by atoms with Crippen LogP contribution in [0.25, 0.3) is 0 Å². The average Bonchev–Trinajstić information content (AvgIpc) is 2.27. The first-order chi connectivity index (χ1) is 8.69. The molecule has 104 valence electrons. The molecule has 19 heavy (non-hydrogen) atoms. The van der Waals surface area contributed by atoms with Gasteiger partial charge in [0.15, 0.2) is 5.78 Å². The molecule has 0 aliphatic rings. The predicted molar refractivity (Wildman–Crippen MR) is 74.4 cm³/mol. The monoisotopic (exact) mass is 263 g/mol. The highest BCUT2D eigenvalue weighted by Gasteiger charge is 2.21. The molecule has 1 aromatic carbocycles. The van der Waals surface area contributed by atoms with Crippen LogP contribution in [0.2, 0.25) is 0 Å². The summed E-state index contributed by atoms with van der Waals surface area (Å²) in [5.74, 6) is -0.103. The fraction of sp³-hybridized carbons (Fsp3) is 0.467. The molecule has 0 aliphatic heterocycles. The van der Waals surface area contributed by atoms with E-state index in [1.165, 1.54) is 4.90 Å². The minimum atomic E-state index is -0.557. The van der Waals surface area contributed by atoms with Crippen molar-refractivity contribution in [2.24, 2.45) is 0 Å². The summed E-state index contributed by atoms with van der Waals surface area (Å²) >= 11 is 0. The third-order valence-electron chi connectivity index (χ3n) is 2.46. The van der Waals surface area contributed by atoms with Gasteiger partial charge >= 0.3 is 6.09 Å². The van der Waals surface area contributed by atoms with Gasteiger partial charge in [0.25, 0.3) is 0 Å². The Kier molecular flexibility index (Phi) is 4.70. The van der Waals surface area contributed by atoms with E-state index in [9.17, 15) is 9.59 Å². The van der Waals surface area contributed by atoms with Crippen molar-refractivity contribution in [1.82, 2.24) is 4.90 Å². The molecule has 1 amide bonds. The fourth-order valence-electron chi connectivity index (χ4n) is 1.45. The smallest absolute Gasteiger partial charge is 0.410 e. The van der Waals surface area contributed by atoms with Crippen LogP contribution in [0.5, 0.6) is 0 Å². The zero-order chi connectivity index (χ0) is 14.6. The normalized spacial score (nSPS) is 11.0. The first-order valence-electron chi connectivity index (χ1n) is 6.23. The Hall–Kier alpha value is -1.84. The van der Waals surface area contributed by atoms with E-state index in [4.69, 9.17) is 4.74 Å². The van der Waals surface area contributed by atoms with Gasteiger partial charge < -0.3 is 9.64 Å². The number of carbonyl (C=O) groups is 2. The van der Waals surface area contributed by atoms with Gasteiger partial charge in [-0.1, -0.05) is 29.8 Å². The fourth-order valence-corrected chi connectivity index (χ4v) is 1.45. The number of ketones is 1. The highest BCUT2D eigenvalue weighted by molar-refractivity contribution is 5.98. The van der Waals surface area contributed by atoms with Crippen molar-refractivity contribution in [2.45, 2.75) is 33.3 Å². The number of rotatable bonds is 3. The third-order valence-corrected chi connectivity index (χ3v) is 2.46. The maximum Gasteiger partial charge on any atom is 0.410 e. The molecule has 0 saturated carbocycles. The van der Waals surface area contributed by atoms with Gasteiger partial charge in [0, 0.05) is 12.6 Å². The van der Waals surface area contributed by atoms with Crippen molar-refractivity contribution >= 4 is 11.9 Å². The molecule has 0 spiro atoms. The molecule has 0 aliphatic carbocycles. The lowest BCUT2D eigenvalue weighted by molar-refractivity contribution is 0.0295. The van der Waals surface area contributed by atoms with Crippen LogP contribution in [-0.4, -0.2) is 36.0 Å². The number of nitrogens with zero attached hydrogens (tertiary/aromatic N) is 1. The standard InChI is InChI=1S/C15H21NO3/c1-11-6-8-12(9-7-11)13(17)10-16(5)14(18)19-15(2,3)4/h6-9H,10H2,1-5H3. The molecule has 0 saturated heterocycles. The summed E-state index contributed by atoms with van der Waals surface area (Å²) in [5, 5.41) is 0. The zero-order valence-electron chi connectivity index (χ0n) is 12.2. The van der Waals surface area contributed by atoms with E-state index >= 15 is 0 Å². The van der Waals surface area contributed by atoms with Crippen LogP contribution < -0.4 is 0 Å². The molecule has 4 nitrogen and oxygen atoms in total. The maximum atomic E-state index is 12.0. The number of hydrogen-bond acceptors (Lipinski definition) is 3. The minimum absolute atomic E-state index is 0.0119. The molecule has 0 aromatic heterocycles.